The third kappa shape index (κ3) is 3.69. The Hall–Kier alpha value is -3.15. The van der Waals surface area contributed by atoms with E-state index in [1.165, 1.54) is 0 Å². The molecule has 0 amide bonds. The molecule has 5 nitrogen and oxygen atoms in total. The van der Waals surface area contributed by atoms with E-state index in [-0.39, 0.29) is 5.92 Å². The summed E-state index contributed by atoms with van der Waals surface area (Å²) in [7, 11) is 1.61. The molecule has 1 aliphatic heterocycles. The molecule has 1 saturated carbocycles. The van der Waals surface area contributed by atoms with Crippen LogP contribution >= 0.6 is 0 Å². The summed E-state index contributed by atoms with van der Waals surface area (Å²) in [4.78, 5) is 15.3. The van der Waals surface area contributed by atoms with Crippen molar-refractivity contribution >= 4 is 5.97 Å². The van der Waals surface area contributed by atoms with Crippen molar-refractivity contribution in [3.05, 3.63) is 102 Å². The lowest BCUT2D eigenvalue weighted by molar-refractivity contribution is -0.327. The van der Waals surface area contributed by atoms with Gasteiger partial charge in [-0.25, -0.2) is 0 Å². The molecule has 1 heterocycles. The van der Waals surface area contributed by atoms with Crippen molar-refractivity contribution in [2.24, 2.45) is 11.3 Å². The number of aliphatic hydroxyl groups is 1. The topological polar surface area (TPSA) is 72.8 Å². The zero-order valence-electron chi connectivity index (χ0n) is 19.4. The average Bonchev–Trinajstić information content (AvgIpc) is 3.27. The Kier molecular flexibility index (Phi) is 5.92. The van der Waals surface area contributed by atoms with Gasteiger partial charge in [-0.1, -0.05) is 72.8 Å². The third-order valence-corrected chi connectivity index (χ3v) is 7.98. The number of hydrogen-bond acceptors (Lipinski definition) is 5. The number of ether oxygens (including phenoxy) is 1. The van der Waals surface area contributed by atoms with E-state index in [1.807, 2.05) is 72.8 Å². The molecule has 3 aromatic rings. The van der Waals surface area contributed by atoms with Crippen LogP contribution in [0.3, 0.4) is 0 Å². The first-order chi connectivity index (χ1) is 16.5. The minimum absolute atomic E-state index is 0.233. The fraction of sp³-hybridized carbons (Fsp3) is 0.345. The zero-order valence-corrected chi connectivity index (χ0v) is 19.4. The molecule has 176 valence electrons. The van der Waals surface area contributed by atoms with E-state index in [9.17, 15) is 15.0 Å². The van der Waals surface area contributed by atoms with Gasteiger partial charge in [-0.15, -0.1) is 0 Å². The maximum Gasteiger partial charge on any atom is 0.118 e. The minimum atomic E-state index is -1.27. The second-order valence-electron chi connectivity index (χ2n) is 9.69. The standard InChI is InChI=1S/C29H31NO4/c1-34-24-14-12-23(13-15-24)29(33)17-16-25(22-10-6-3-7-11-22)28(27(31)32)20-30(19-26(28)29)18-21-8-4-2-5-9-21/h2-15,25-26,33H,16-20H2,1H3,(H,31,32)/p-1. The first kappa shape index (κ1) is 22.6. The molecular formula is C29H30NO4-. The van der Waals surface area contributed by atoms with Gasteiger partial charge >= 0.3 is 0 Å². The van der Waals surface area contributed by atoms with Crippen LogP contribution in [0.15, 0.2) is 84.9 Å². The van der Waals surface area contributed by atoms with E-state index in [4.69, 9.17) is 4.74 Å². The number of rotatable bonds is 6. The number of nitrogens with zero attached hydrogens (tertiary/aromatic N) is 1. The number of carbonyl (C=O) groups is 1. The molecule has 1 saturated heterocycles. The summed E-state index contributed by atoms with van der Waals surface area (Å²) in [6.45, 7) is 1.45. The van der Waals surface area contributed by atoms with Crippen LogP contribution in [0.5, 0.6) is 5.75 Å². The van der Waals surface area contributed by atoms with Gasteiger partial charge in [0.05, 0.1) is 12.7 Å². The highest BCUT2D eigenvalue weighted by molar-refractivity contribution is 5.76. The third-order valence-electron chi connectivity index (χ3n) is 7.98. The molecule has 1 N–H and O–H groups in total. The van der Waals surface area contributed by atoms with Crippen molar-refractivity contribution in [2.45, 2.75) is 30.9 Å². The van der Waals surface area contributed by atoms with Crippen LogP contribution in [0.1, 0.15) is 35.4 Å². The highest BCUT2D eigenvalue weighted by atomic mass is 16.5. The van der Waals surface area contributed by atoms with Gasteiger partial charge in [-0.2, -0.15) is 0 Å². The van der Waals surface area contributed by atoms with Crippen LogP contribution in [-0.4, -0.2) is 36.2 Å². The molecule has 2 aliphatic rings. The van der Waals surface area contributed by atoms with Crippen LogP contribution in [-0.2, 0) is 16.9 Å². The van der Waals surface area contributed by atoms with Gasteiger partial charge in [0.15, 0.2) is 0 Å². The van der Waals surface area contributed by atoms with E-state index in [0.29, 0.717) is 38.2 Å². The zero-order chi connectivity index (χ0) is 23.8. The fourth-order valence-corrected chi connectivity index (χ4v) is 6.38. The molecule has 5 heteroatoms. The van der Waals surface area contributed by atoms with Crippen molar-refractivity contribution in [2.75, 3.05) is 20.2 Å². The summed E-state index contributed by atoms with van der Waals surface area (Å²) in [5, 5.41) is 25.3. The Morgan fingerprint density at radius 1 is 1.03 bits per heavy atom. The normalized spacial score (nSPS) is 28.9. The van der Waals surface area contributed by atoms with Crippen LogP contribution in [0.4, 0.5) is 0 Å². The van der Waals surface area contributed by atoms with Crippen molar-refractivity contribution in [1.29, 1.82) is 0 Å². The lowest BCUT2D eigenvalue weighted by atomic mass is 9.53. The maximum absolute atomic E-state index is 13.1. The van der Waals surface area contributed by atoms with Gasteiger partial charge in [-0.3, -0.25) is 4.90 Å². The van der Waals surface area contributed by atoms with Crippen LogP contribution in [0.2, 0.25) is 0 Å². The molecule has 2 fully saturated rings. The van der Waals surface area contributed by atoms with Gasteiger partial charge in [0, 0.05) is 36.9 Å². The molecule has 0 spiro atoms. The molecular weight excluding hydrogens is 426 g/mol. The number of likely N-dealkylation sites (tertiary alicyclic amines) is 1. The van der Waals surface area contributed by atoms with Crippen molar-refractivity contribution in [3.63, 3.8) is 0 Å². The number of methoxy groups -OCH3 is 1. The van der Waals surface area contributed by atoms with Gasteiger partial charge in [0.2, 0.25) is 0 Å². The number of carbonyl (C=O) groups excluding carboxylic acids is 1. The molecule has 4 atom stereocenters. The van der Waals surface area contributed by atoms with Gasteiger partial charge < -0.3 is 19.7 Å². The van der Waals surface area contributed by atoms with Crippen molar-refractivity contribution < 1.29 is 19.7 Å². The maximum atomic E-state index is 13.1. The summed E-state index contributed by atoms with van der Waals surface area (Å²) in [6.07, 6.45) is 1.05. The number of benzene rings is 3. The number of fused-ring (bicyclic) bond motifs is 1. The average molecular weight is 457 g/mol. The summed E-state index contributed by atoms with van der Waals surface area (Å²) in [5.41, 5.74) is 0.373. The van der Waals surface area contributed by atoms with E-state index in [0.717, 1.165) is 16.7 Å². The fourth-order valence-electron chi connectivity index (χ4n) is 6.38. The van der Waals surface area contributed by atoms with Crippen molar-refractivity contribution in [3.8, 4) is 5.75 Å². The van der Waals surface area contributed by atoms with Gasteiger partial charge in [0.1, 0.15) is 5.75 Å². The monoisotopic (exact) mass is 456 g/mol. The minimum Gasteiger partial charge on any atom is -0.549 e. The molecule has 0 radical (unpaired) electrons. The van der Waals surface area contributed by atoms with Crippen molar-refractivity contribution in [1.82, 2.24) is 4.90 Å². The second kappa shape index (κ2) is 8.90. The number of hydrogen-bond donors (Lipinski definition) is 1. The highest BCUT2D eigenvalue weighted by Crippen LogP contribution is 2.60. The molecule has 34 heavy (non-hydrogen) atoms. The summed E-state index contributed by atoms with van der Waals surface area (Å²) in [6, 6.07) is 27.3. The Morgan fingerprint density at radius 2 is 1.68 bits per heavy atom. The molecule has 5 rings (SSSR count). The molecule has 4 unspecified atom stereocenters. The Balaban J connectivity index is 1.59. The Labute approximate surface area is 200 Å². The second-order valence-corrected chi connectivity index (χ2v) is 9.69. The summed E-state index contributed by atoms with van der Waals surface area (Å²) in [5.74, 6) is -1.12. The Morgan fingerprint density at radius 3 is 2.29 bits per heavy atom. The van der Waals surface area contributed by atoms with E-state index in [1.54, 1.807) is 7.11 Å². The summed E-state index contributed by atoms with van der Waals surface area (Å²) >= 11 is 0. The van der Waals surface area contributed by atoms with Crippen LogP contribution in [0.25, 0.3) is 0 Å². The molecule has 1 aliphatic carbocycles. The number of aliphatic carboxylic acids is 1. The predicted octanol–water partition coefficient (Wildman–Crippen LogP) is 3.33. The quantitative estimate of drug-likeness (QED) is 0.616. The first-order valence-electron chi connectivity index (χ1n) is 11.9. The van der Waals surface area contributed by atoms with Gasteiger partial charge in [0.25, 0.3) is 0 Å². The lowest BCUT2D eigenvalue weighted by Crippen LogP contribution is -2.59. The van der Waals surface area contributed by atoms with Crippen LogP contribution < -0.4 is 9.84 Å². The summed E-state index contributed by atoms with van der Waals surface area (Å²) < 4.78 is 5.30. The molecule has 0 bridgehead atoms. The van der Waals surface area contributed by atoms with E-state index >= 15 is 0 Å². The molecule has 0 aromatic heterocycles. The van der Waals surface area contributed by atoms with Crippen LogP contribution in [0, 0.1) is 11.3 Å². The highest BCUT2D eigenvalue weighted by Gasteiger charge is 2.63. The largest absolute Gasteiger partial charge is 0.549 e. The lowest BCUT2D eigenvalue weighted by Gasteiger charge is -2.53. The van der Waals surface area contributed by atoms with Gasteiger partial charge in [-0.05, 0) is 47.6 Å². The number of carboxylic acids is 1. The smallest absolute Gasteiger partial charge is 0.118 e. The Bertz CT molecular complexity index is 1130. The first-order valence-corrected chi connectivity index (χ1v) is 11.9. The van der Waals surface area contributed by atoms with E-state index < -0.39 is 22.9 Å². The van der Waals surface area contributed by atoms with E-state index in [2.05, 4.69) is 17.0 Å². The molecule has 3 aromatic carbocycles. The SMILES string of the molecule is COc1ccc(C2(O)CCC(c3ccccc3)C3(C(=O)[O-])CN(Cc4ccccc4)CC23)cc1. The predicted molar refractivity (Wildman–Crippen MR) is 128 cm³/mol. The number of carboxylic acid groups (broad SMARTS) is 1.